The van der Waals surface area contributed by atoms with Crippen molar-refractivity contribution in [2.45, 2.75) is 82.6 Å². The van der Waals surface area contributed by atoms with Crippen LogP contribution in [0.25, 0.3) is 0 Å². The van der Waals surface area contributed by atoms with Crippen LogP contribution in [0.15, 0.2) is 0 Å². The summed E-state index contributed by atoms with van der Waals surface area (Å²) in [6.45, 7) is 0. The Bertz CT molecular complexity index is 193. The highest BCUT2D eigenvalue weighted by atomic mass is 29.1. The van der Waals surface area contributed by atoms with Gasteiger partial charge in [-0.3, -0.25) is 0 Å². The van der Waals surface area contributed by atoms with Gasteiger partial charge in [-0.25, -0.2) is 0 Å². The molecule has 0 saturated heterocycles. The van der Waals surface area contributed by atoms with Crippen LogP contribution in [-0.4, -0.2) is 18.8 Å². The van der Waals surface area contributed by atoms with E-state index in [-0.39, 0.29) is 0 Å². The largest absolute Gasteiger partial charge is 0.0533 e. The minimum absolute atomic E-state index is 0.375. The zero-order valence-corrected chi connectivity index (χ0v) is 15.3. The summed E-state index contributed by atoms with van der Waals surface area (Å²) < 4.78 is 0. The van der Waals surface area contributed by atoms with Crippen LogP contribution in [0.4, 0.5) is 0 Å². The molecule has 0 aromatic rings. The van der Waals surface area contributed by atoms with E-state index in [0.717, 1.165) is 5.92 Å². The molecule has 0 aromatic carbocycles. The van der Waals surface area contributed by atoms with E-state index >= 15 is 0 Å². The van der Waals surface area contributed by atoms with E-state index in [4.69, 9.17) is 0 Å². The van der Waals surface area contributed by atoms with E-state index in [2.05, 4.69) is 0 Å². The molecule has 2 rings (SSSR count). The van der Waals surface area contributed by atoms with Crippen molar-refractivity contribution in [2.24, 2.45) is 11.8 Å². The number of hydrogen-bond acceptors (Lipinski definition) is 0. The van der Waals surface area contributed by atoms with Crippen LogP contribution in [0, 0.1) is 11.8 Å². The molecule has 1 unspecified atom stereocenters. The SMILES string of the molecule is [SiH3][SiH2]C(CCC1CCCCC1)C1CCCCC1. The Kier molecular flexibility index (Phi) is 6.34. The Morgan fingerprint density at radius 3 is 2.06 bits per heavy atom. The molecule has 0 heterocycles. The van der Waals surface area contributed by atoms with Crippen molar-refractivity contribution in [1.29, 1.82) is 0 Å². The second-order valence-electron chi connectivity index (χ2n) is 6.65. The van der Waals surface area contributed by atoms with Gasteiger partial charge in [0, 0.05) is 9.04 Å². The topological polar surface area (TPSA) is 0 Å². The first-order valence-electron chi connectivity index (χ1n) is 8.40. The lowest BCUT2D eigenvalue weighted by Crippen LogP contribution is -2.20. The lowest BCUT2D eigenvalue weighted by molar-refractivity contribution is 0.291. The van der Waals surface area contributed by atoms with Gasteiger partial charge in [0.1, 0.15) is 0 Å². The summed E-state index contributed by atoms with van der Waals surface area (Å²) in [7, 11) is 1.95. The van der Waals surface area contributed by atoms with Gasteiger partial charge in [0.15, 0.2) is 0 Å². The summed E-state index contributed by atoms with van der Waals surface area (Å²) in [5.41, 5.74) is 1.27. The Morgan fingerprint density at radius 2 is 1.47 bits per heavy atom. The average Bonchev–Trinajstić information content (AvgIpc) is 2.42. The second kappa shape index (κ2) is 7.78. The molecule has 2 fully saturated rings. The first-order chi connectivity index (χ1) is 8.40. The van der Waals surface area contributed by atoms with E-state index in [0.29, 0.717) is 9.04 Å². The first-order valence-corrected chi connectivity index (χ1v) is 14.9. The molecule has 17 heavy (non-hydrogen) atoms. The van der Waals surface area contributed by atoms with Crippen LogP contribution in [-0.2, 0) is 0 Å². The Morgan fingerprint density at radius 1 is 0.882 bits per heavy atom. The minimum atomic E-state index is 0.375. The molecule has 0 spiro atoms. The van der Waals surface area contributed by atoms with Crippen LogP contribution >= 0.6 is 0 Å². The number of hydrogen-bond donors (Lipinski definition) is 0. The Labute approximate surface area is 113 Å². The van der Waals surface area contributed by atoms with Gasteiger partial charge in [-0.2, -0.15) is 0 Å². The van der Waals surface area contributed by atoms with Crippen LogP contribution in [0.5, 0.6) is 0 Å². The van der Waals surface area contributed by atoms with E-state index in [1.54, 1.807) is 61.1 Å². The standard InChI is InChI=1S/C15H32Si2/c16-17-15(14-9-5-2-6-10-14)12-11-13-7-3-1-4-8-13/h13-15H,1-12,17H2,16H3. The van der Waals surface area contributed by atoms with Crippen molar-refractivity contribution >= 4 is 18.8 Å². The summed E-state index contributed by atoms with van der Waals surface area (Å²) in [4.78, 5) is 0. The van der Waals surface area contributed by atoms with Gasteiger partial charge in [-0.05, 0) is 21.6 Å². The molecule has 0 N–H and O–H groups in total. The third-order valence-corrected chi connectivity index (χ3v) is 10.8. The van der Waals surface area contributed by atoms with Gasteiger partial charge >= 0.3 is 0 Å². The van der Waals surface area contributed by atoms with Crippen molar-refractivity contribution in [2.75, 3.05) is 0 Å². The maximum Gasteiger partial charge on any atom is 0.00829 e. The van der Waals surface area contributed by atoms with Gasteiger partial charge < -0.3 is 0 Å². The van der Waals surface area contributed by atoms with Crippen LogP contribution in [0.1, 0.15) is 77.0 Å². The highest BCUT2D eigenvalue weighted by Crippen LogP contribution is 2.37. The molecule has 100 valence electrons. The molecule has 0 aromatic heterocycles. The van der Waals surface area contributed by atoms with Gasteiger partial charge in [0.25, 0.3) is 0 Å². The third-order valence-electron chi connectivity index (χ3n) is 5.51. The quantitative estimate of drug-likeness (QED) is 0.672. The van der Waals surface area contributed by atoms with Crippen LogP contribution in [0.3, 0.4) is 0 Å². The molecule has 0 radical (unpaired) electrons. The zero-order valence-electron chi connectivity index (χ0n) is 11.9. The van der Waals surface area contributed by atoms with E-state index < -0.39 is 0 Å². The Balaban J connectivity index is 1.70. The maximum atomic E-state index is 1.64. The van der Waals surface area contributed by atoms with Gasteiger partial charge in [-0.15, -0.1) is 0 Å². The maximum absolute atomic E-state index is 1.64. The van der Waals surface area contributed by atoms with E-state index in [1.807, 2.05) is 0 Å². The van der Waals surface area contributed by atoms with Gasteiger partial charge in [-0.1, -0.05) is 82.6 Å². The summed E-state index contributed by atoms with van der Waals surface area (Å²) in [6, 6.07) is 0. The van der Waals surface area contributed by atoms with Gasteiger partial charge in [0.05, 0.1) is 0 Å². The van der Waals surface area contributed by atoms with Crippen LogP contribution in [0.2, 0.25) is 5.54 Å². The zero-order chi connectivity index (χ0) is 11.9. The fraction of sp³-hybridized carbons (Fsp3) is 1.00. The molecular formula is C15H32Si2. The molecule has 0 amide bonds. The van der Waals surface area contributed by atoms with Crippen molar-refractivity contribution in [3.05, 3.63) is 0 Å². The van der Waals surface area contributed by atoms with Crippen molar-refractivity contribution in [3.63, 3.8) is 0 Å². The summed E-state index contributed by atoms with van der Waals surface area (Å²) in [5.74, 6) is 2.33. The van der Waals surface area contributed by atoms with Crippen molar-refractivity contribution < 1.29 is 0 Å². The lowest BCUT2D eigenvalue weighted by Gasteiger charge is -2.31. The molecular weight excluding hydrogens is 236 g/mol. The first kappa shape index (κ1) is 13.9. The lowest BCUT2D eigenvalue weighted by atomic mass is 9.81. The molecule has 2 aliphatic rings. The summed E-state index contributed by atoms with van der Waals surface area (Å²) >= 11 is 0. The fourth-order valence-electron chi connectivity index (χ4n) is 4.30. The van der Waals surface area contributed by atoms with Crippen molar-refractivity contribution in [1.82, 2.24) is 0 Å². The molecule has 0 aliphatic heterocycles. The molecule has 1 atom stereocenters. The smallest absolute Gasteiger partial charge is 0.00829 e. The predicted octanol–water partition coefficient (Wildman–Crippen LogP) is 3.16. The second-order valence-corrected chi connectivity index (χ2v) is 11.0. The third kappa shape index (κ3) is 4.55. The predicted molar refractivity (Wildman–Crippen MR) is 84.6 cm³/mol. The van der Waals surface area contributed by atoms with Crippen molar-refractivity contribution in [3.8, 4) is 0 Å². The van der Waals surface area contributed by atoms with E-state index in [1.165, 1.54) is 37.1 Å². The molecule has 2 saturated carbocycles. The minimum Gasteiger partial charge on any atom is -0.0533 e. The number of rotatable bonds is 5. The molecule has 0 bridgehead atoms. The molecule has 2 heteroatoms. The fourth-order valence-corrected chi connectivity index (χ4v) is 9.31. The summed E-state index contributed by atoms with van der Waals surface area (Å²) in [6.07, 6.45) is 18.8. The van der Waals surface area contributed by atoms with Crippen LogP contribution < -0.4 is 0 Å². The normalized spacial score (nSPS) is 26.8. The van der Waals surface area contributed by atoms with Gasteiger partial charge in [0.2, 0.25) is 0 Å². The Hall–Kier alpha value is 0.434. The average molecular weight is 269 g/mol. The van der Waals surface area contributed by atoms with E-state index in [9.17, 15) is 0 Å². The summed E-state index contributed by atoms with van der Waals surface area (Å²) in [5, 5.41) is 0. The highest BCUT2D eigenvalue weighted by Gasteiger charge is 2.23. The molecule has 0 nitrogen and oxygen atoms in total. The highest BCUT2D eigenvalue weighted by molar-refractivity contribution is 6.90. The monoisotopic (exact) mass is 268 g/mol. The molecule has 2 aliphatic carbocycles.